The third-order valence-electron chi connectivity index (χ3n) is 2.73. The molecule has 1 amide bonds. The van der Waals surface area contributed by atoms with Crippen LogP contribution >= 0.6 is 15.9 Å². The zero-order valence-corrected chi connectivity index (χ0v) is 13.5. The Hall–Kier alpha value is -2.67. The summed E-state index contributed by atoms with van der Waals surface area (Å²) in [7, 11) is 0. The number of rotatable bonds is 6. The summed E-state index contributed by atoms with van der Waals surface area (Å²) < 4.78 is 5.94. The molecule has 23 heavy (non-hydrogen) atoms. The lowest BCUT2D eigenvalue weighted by Crippen LogP contribution is -2.17. The third-order valence-corrected chi connectivity index (χ3v) is 3.22. The van der Waals surface area contributed by atoms with Crippen molar-refractivity contribution in [1.29, 1.82) is 0 Å². The second kappa shape index (κ2) is 8.09. The van der Waals surface area contributed by atoms with Gasteiger partial charge in [-0.3, -0.25) is 4.79 Å². The number of ether oxygens (including phenoxy) is 1. The summed E-state index contributed by atoms with van der Waals surface area (Å²) in [5, 5.41) is 12.5. The number of nitrogens with one attached hydrogen (secondary N) is 1. The summed E-state index contributed by atoms with van der Waals surface area (Å²) >= 11 is 3.29. The Bertz CT molecular complexity index is 746. The van der Waals surface area contributed by atoms with Crippen LogP contribution < -0.4 is 10.2 Å². The fourth-order valence-corrected chi connectivity index (χ4v) is 2.11. The first-order valence-electron chi connectivity index (χ1n) is 6.59. The first kappa shape index (κ1) is 16.7. The first-order chi connectivity index (χ1) is 11.1. The van der Waals surface area contributed by atoms with Crippen molar-refractivity contribution >= 4 is 34.0 Å². The number of aliphatic carboxylic acids is 1. The molecule has 0 fully saturated rings. The van der Waals surface area contributed by atoms with E-state index in [0.717, 1.165) is 4.47 Å². The van der Waals surface area contributed by atoms with Crippen molar-refractivity contribution in [3.05, 3.63) is 64.1 Å². The standard InChI is InChI=1S/C16H13BrN2O4/c17-13-6-3-5-11(8-13)16(22)19-18-9-12-4-1-2-7-14(12)23-10-15(20)21/h1-9H,10H2,(H,19,22)(H,20,21)/b18-9+. The van der Waals surface area contributed by atoms with Gasteiger partial charge >= 0.3 is 5.97 Å². The second-order valence-corrected chi connectivity index (χ2v) is 5.35. The number of amides is 1. The summed E-state index contributed by atoms with van der Waals surface area (Å²) in [5.41, 5.74) is 3.43. The van der Waals surface area contributed by atoms with Crippen LogP contribution in [-0.4, -0.2) is 29.8 Å². The molecule has 118 valence electrons. The molecule has 0 atom stereocenters. The predicted molar refractivity (Wildman–Crippen MR) is 88.8 cm³/mol. The van der Waals surface area contributed by atoms with E-state index in [2.05, 4.69) is 26.5 Å². The van der Waals surface area contributed by atoms with E-state index in [1.165, 1.54) is 6.21 Å². The van der Waals surface area contributed by atoms with E-state index in [1.54, 1.807) is 42.5 Å². The number of carboxylic acid groups (broad SMARTS) is 1. The topological polar surface area (TPSA) is 88.0 Å². The molecule has 6 nitrogen and oxygen atoms in total. The van der Waals surface area contributed by atoms with Crippen molar-refractivity contribution in [2.24, 2.45) is 5.10 Å². The lowest BCUT2D eigenvalue weighted by molar-refractivity contribution is -0.139. The molecular weight excluding hydrogens is 364 g/mol. The molecule has 0 aliphatic carbocycles. The van der Waals surface area contributed by atoms with Gasteiger partial charge in [0.25, 0.3) is 5.91 Å². The van der Waals surface area contributed by atoms with Crippen LogP contribution in [-0.2, 0) is 4.79 Å². The molecule has 0 radical (unpaired) electrons. The Balaban J connectivity index is 2.03. The number of carbonyl (C=O) groups excluding carboxylic acids is 1. The van der Waals surface area contributed by atoms with Gasteiger partial charge in [-0.2, -0.15) is 5.10 Å². The molecule has 0 aromatic heterocycles. The van der Waals surface area contributed by atoms with E-state index in [4.69, 9.17) is 9.84 Å². The predicted octanol–water partition coefficient (Wildman–Crippen LogP) is 2.68. The smallest absolute Gasteiger partial charge is 0.341 e. The van der Waals surface area contributed by atoms with Gasteiger partial charge in [0, 0.05) is 15.6 Å². The Morgan fingerprint density at radius 1 is 1.22 bits per heavy atom. The van der Waals surface area contributed by atoms with E-state index in [0.29, 0.717) is 16.9 Å². The van der Waals surface area contributed by atoms with E-state index < -0.39 is 12.6 Å². The van der Waals surface area contributed by atoms with Crippen molar-refractivity contribution in [2.45, 2.75) is 0 Å². The summed E-state index contributed by atoms with van der Waals surface area (Å²) in [6.07, 6.45) is 1.40. The summed E-state index contributed by atoms with van der Waals surface area (Å²) in [6.45, 7) is -0.449. The van der Waals surface area contributed by atoms with Crippen LogP contribution in [0.2, 0.25) is 0 Å². The van der Waals surface area contributed by atoms with Crippen LogP contribution in [0.1, 0.15) is 15.9 Å². The highest BCUT2D eigenvalue weighted by molar-refractivity contribution is 9.10. The highest BCUT2D eigenvalue weighted by Gasteiger charge is 2.05. The number of halogens is 1. The van der Waals surface area contributed by atoms with Crippen molar-refractivity contribution < 1.29 is 19.4 Å². The fourth-order valence-electron chi connectivity index (χ4n) is 1.71. The van der Waals surface area contributed by atoms with Crippen LogP contribution in [0.25, 0.3) is 0 Å². The molecule has 0 unspecified atom stereocenters. The zero-order valence-electron chi connectivity index (χ0n) is 11.9. The molecule has 0 spiro atoms. The average molecular weight is 377 g/mol. The van der Waals surface area contributed by atoms with Gasteiger partial charge in [-0.05, 0) is 30.3 Å². The maximum Gasteiger partial charge on any atom is 0.341 e. The fraction of sp³-hybridized carbons (Fsp3) is 0.0625. The number of hydrazone groups is 1. The average Bonchev–Trinajstić information content (AvgIpc) is 2.53. The van der Waals surface area contributed by atoms with E-state index in [-0.39, 0.29) is 5.91 Å². The van der Waals surface area contributed by atoms with Gasteiger partial charge in [0.1, 0.15) is 5.75 Å². The monoisotopic (exact) mass is 376 g/mol. The van der Waals surface area contributed by atoms with Gasteiger partial charge < -0.3 is 9.84 Å². The zero-order chi connectivity index (χ0) is 16.7. The van der Waals surface area contributed by atoms with Crippen molar-refractivity contribution in [3.63, 3.8) is 0 Å². The number of hydrogen-bond donors (Lipinski definition) is 2. The van der Waals surface area contributed by atoms with Crippen LogP contribution in [0, 0.1) is 0 Å². The minimum absolute atomic E-state index is 0.355. The molecule has 2 rings (SSSR count). The highest BCUT2D eigenvalue weighted by atomic mass is 79.9. The van der Waals surface area contributed by atoms with E-state index in [1.807, 2.05) is 6.07 Å². The number of benzene rings is 2. The van der Waals surface area contributed by atoms with E-state index >= 15 is 0 Å². The Labute approximate surface area is 140 Å². The molecule has 2 aromatic rings. The summed E-state index contributed by atoms with van der Waals surface area (Å²) in [6, 6.07) is 13.7. The maximum atomic E-state index is 11.9. The molecule has 0 saturated heterocycles. The van der Waals surface area contributed by atoms with Crippen molar-refractivity contribution in [2.75, 3.05) is 6.61 Å². The molecule has 0 heterocycles. The SMILES string of the molecule is O=C(O)COc1ccccc1/C=N/NC(=O)c1cccc(Br)c1. The Morgan fingerprint density at radius 2 is 2.00 bits per heavy atom. The Morgan fingerprint density at radius 3 is 2.74 bits per heavy atom. The van der Waals surface area contributed by atoms with Gasteiger partial charge in [0.2, 0.25) is 0 Å². The van der Waals surface area contributed by atoms with Gasteiger partial charge in [-0.1, -0.05) is 34.1 Å². The normalized spacial score (nSPS) is 10.5. The minimum atomic E-state index is -1.07. The lowest BCUT2D eigenvalue weighted by Gasteiger charge is -2.06. The van der Waals surface area contributed by atoms with Gasteiger partial charge in [0.15, 0.2) is 6.61 Å². The van der Waals surface area contributed by atoms with Crippen LogP contribution in [0.3, 0.4) is 0 Å². The van der Waals surface area contributed by atoms with Crippen molar-refractivity contribution in [1.82, 2.24) is 5.43 Å². The minimum Gasteiger partial charge on any atom is -0.481 e. The van der Waals surface area contributed by atoms with Crippen LogP contribution in [0.5, 0.6) is 5.75 Å². The summed E-state index contributed by atoms with van der Waals surface area (Å²) in [4.78, 5) is 22.5. The molecule has 0 bridgehead atoms. The number of carboxylic acids is 1. The molecule has 7 heteroatoms. The lowest BCUT2D eigenvalue weighted by atomic mass is 10.2. The second-order valence-electron chi connectivity index (χ2n) is 4.43. The Kier molecular flexibility index (Phi) is 5.87. The maximum absolute atomic E-state index is 11.9. The van der Waals surface area contributed by atoms with Gasteiger partial charge in [-0.25, -0.2) is 10.2 Å². The van der Waals surface area contributed by atoms with Crippen LogP contribution in [0.15, 0.2) is 58.1 Å². The largest absolute Gasteiger partial charge is 0.481 e. The summed E-state index contributed by atoms with van der Waals surface area (Å²) in [5.74, 6) is -1.05. The third kappa shape index (κ3) is 5.23. The number of hydrogen-bond acceptors (Lipinski definition) is 4. The molecule has 0 aliphatic heterocycles. The quantitative estimate of drug-likeness (QED) is 0.599. The van der Waals surface area contributed by atoms with Gasteiger partial charge in [0.05, 0.1) is 6.21 Å². The molecule has 0 saturated carbocycles. The highest BCUT2D eigenvalue weighted by Crippen LogP contribution is 2.15. The molecule has 2 aromatic carbocycles. The molecular formula is C16H13BrN2O4. The van der Waals surface area contributed by atoms with Crippen LogP contribution in [0.4, 0.5) is 0 Å². The first-order valence-corrected chi connectivity index (χ1v) is 7.38. The number of carbonyl (C=O) groups is 2. The molecule has 2 N–H and O–H groups in total. The molecule has 0 aliphatic rings. The van der Waals surface area contributed by atoms with E-state index in [9.17, 15) is 9.59 Å². The number of para-hydroxylation sites is 1. The number of nitrogens with zero attached hydrogens (tertiary/aromatic N) is 1. The van der Waals surface area contributed by atoms with Gasteiger partial charge in [-0.15, -0.1) is 0 Å². The van der Waals surface area contributed by atoms with Crippen molar-refractivity contribution in [3.8, 4) is 5.75 Å².